The molecule has 4 heteroatoms. The standard InChI is InChI=1S/C18H20N2O2/c1-4-8-13(9-5-2)17(18(21)20-22)16-12(3)19-15-11-7-6-10-14(15)16/h4-11,17,19,22H,1H2,2-3H3,(H,20,21)/b9-5-,13-8+. The van der Waals surface area contributed by atoms with Crippen molar-refractivity contribution < 1.29 is 10.0 Å². The van der Waals surface area contributed by atoms with Crippen LogP contribution < -0.4 is 5.48 Å². The quantitative estimate of drug-likeness (QED) is 0.447. The highest BCUT2D eigenvalue weighted by molar-refractivity contribution is 5.95. The number of nitrogens with one attached hydrogen (secondary N) is 2. The fraction of sp³-hybridized carbons (Fsp3) is 0.167. The molecular formula is C18H20N2O2. The van der Waals surface area contributed by atoms with Crippen molar-refractivity contribution in [1.29, 1.82) is 0 Å². The Hall–Kier alpha value is -2.59. The van der Waals surface area contributed by atoms with Crippen LogP contribution in [0.1, 0.15) is 24.1 Å². The minimum absolute atomic E-state index is 0.473. The van der Waals surface area contributed by atoms with E-state index < -0.39 is 11.8 Å². The first-order valence-corrected chi connectivity index (χ1v) is 7.10. The summed E-state index contributed by atoms with van der Waals surface area (Å²) in [7, 11) is 0. The van der Waals surface area contributed by atoms with Gasteiger partial charge in [-0.1, -0.05) is 49.1 Å². The van der Waals surface area contributed by atoms with E-state index in [4.69, 9.17) is 5.21 Å². The zero-order valence-corrected chi connectivity index (χ0v) is 12.8. The maximum Gasteiger partial charge on any atom is 0.255 e. The lowest BCUT2D eigenvalue weighted by Gasteiger charge is -2.17. The molecule has 0 spiro atoms. The number of fused-ring (bicyclic) bond motifs is 1. The Morgan fingerprint density at radius 3 is 2.77 bits per heavy atom. The van der Waals surface area contributed by atoms with Crippen LogP contribution in [0.25, 0.3) is 10.9 Å². The fourth-order valence-electron chi connectivity index (χ4n) is 2.76. The van der Waals surface area contributed by atoms with Crippen molar-refractivity contribution in [3.05, 3.63) is 72.0 Å². The molecule has 1 atom stereocenters. The van der Waals surface area contributed by atoms with Crippen LogP contribution in [0.2, 0.25) is 0 Å². The number of allylic oxidation sites excluding steroid dienone is 4. The monoisotopic (exact) mass is 296 g/mol. The van der Waals surface area contributed by atoms with Crippen LogP contribution in [0.4, 0.5) is 0 Å². The highest BCUT2D eigenvalue weighted by Crippen LogP contribution is 2.34. The molecule has 2 aromatic rings. The number of para-hydroxylation sites is 1. The van der Waals surface area contributed by atoms with Crippen molar-refractivity contribution >= 4 is 16.8 Å². The highest BCUT2D eigenvalue weighted by Gasteiger charge is 2.27. The second-order valence-corrected chi connectivity index (χ2v) is 5.02. The van der Waals surface area contributed by atoms with Crippen molar-refractivity contribution in [2.45, 2.75) is 19.8 Å². The number of carbonyl (C=O) groups excluding carboxylic acids is 1. The number of rotatable bonds is 5. The normalized spacial score (nSPS) is 13.5. The van der Waals surface area contributed by atoms with Gasteiger partial charge in [0.25, 0.3) is 5.91 Å². The average Bonchev–Trinajstić information content (AvgIpc) is 2.84. The van der Waals surface area contributed by atoms with E-state index >= 15 is 0 Å². The second kappa shape index (κ2) is 6.91. The number of aryl methyl sites for hydroxylation is 1. The van der Waals surface area contributed by atoms with E-state index in [0.717, 1.165) is 27.7 Å². The Morgan fingerprint density at radius 1 is 1.41 bits per heavy atom. The Bertz CT molecular complexity index is 754. The van der Waals surface area contributed by atoms with Crippen molar-refractivity contribution in [2.75, 3.05) is 0 Å². The molecule has 0 aliphatic heterocycles. The molecule has 4 nitrogen and oxygen atoms in total. The molecule has 1 aromatic heterocycles. The smallest absolute Gasteiger partial charge is 0.255 e. The van der Waals surface area contributed by atoms with Crippen LogP contribution >= 0.6 is 0 Å². The minimum Gasteiger partial charge on any atom is -0.358 e. The molecule has 0 bridgehead atoms. The van der Waals surface area contributed by atoms with Crippen LogP contribution in [0, 0.1) is 6.92 Å². The van der Waals surface area contributed by atoms with Crippen LogP contribution in [-0.4, -0.2) is 16.1 Å². The Kier molecular flexibility index (Phi) is 4.96. The number of hydroxylamine groups is 1. The van der Waals surface area contributed by atoms with Gasteiger partial charge in [0.05, 0.1) is 5.92 Å². The molecule has 0 fully saturated rings. The third kappa shape index (κ3) is 2.87. The summed E-state index contributed by atoms with van der Waals surface area (Å²) in [6.07, 6.45) is 7.12. The van der Waals surface area contributed by atoms with Gasteiger partial charge in [0.15, 0.2) is 0 Å². The maximum atomic E-state index is 12.3. The van der Waals surface area contributed by atoms with E-state index in [2.05, 4.69) is 11.6 Å². The van der Waals surface area contributed by atoms with Gasteiger partial charge in [-0.05, 0) is 31.1 Å². The Labute approximate surface area is 129 Å². The maximum absolute atomic E-state index is 12.3. The summed E-state index contributed by atoms with van der Waals surface area (Å²) < 4.78 is 0. The zero-order chi connectivity index (χ0) is 16.1. The number of carbonyl (C=O) groups is 1. The van der Waals surface area contributed by atoms with Crippen molar-refractivity contribution in [1.82, 2.24) is 10.5 Å². The van der Waals surface area contributed by atoms with Crippen LogP contribution in [0.15, 0.2) is 60.7 Å². The van der Waals surface area contributed by atoms with Gasteiger partial charge in [-0.2, -0.15) is 0 Å². The number of amides is 1. The van der Waals surface area contributed by atoms with E-state index in [0.29, 0.717) is 0 Å². The molecular weight excluding hydrogens is 276 g/mol. The Morgan fingerprint density at radius 2 is 2.14 bits per heavy atom. The molecule has 3 N–H and O–H groups in total. The second-order valence-electron chi connectivity index (χ2n) is 5.02. The summed E-state index contributed by atoms with van der Waals surface area (Å²) in [4.78, 5) is 15.6. The number of hydrogen-bond donors (Lipinski definition) is 3. The van der Waals surface area contributed by atoms with Crippen LogP contribution in [-0.2, 0) is 4.79 Å². The lowest BCUT2D eigenvalue weighted by atomic mass is 9.87. The highest BCUT2D eigenvalue weighted by atomic mass is 16.5. The summed E-state index contributed by atoms with van der Waals surface area (Å²) >= 11 is 0. The lowest BCUT2D eigenvalue weighted by Crippen LogP contribution is -2.27. The largest absolute Gasteiger partial charge is 0.358 e. The predicted molar refractivity (Wildman–Crippen MR) is 88.8 cm³/mol. The number of H-pyrrole nitrogens is 1. The van der Waals surface area contributed by atoms with Crippen molar-refractivity contribution in [2.24, 2.45) is 0 Å². The fourth-order valence-corrected chi connectivity index (χ4v) is 2.76. The predicted octanol–water partition coefficient (Wildman–Crippen LogP) is 3.75. The molecule has 114 valence electrons. The third-order valence-electron chi connectivity index (χ3n) is 3.61. The van der Waals surface area contributed by atoms with Crippen LogP contribution in [0.3, 0.4) is 0 Å². The van der Waals surface area contributed by atoms with Crippen molar-refractivity contribution in [3.63, 3.8) is 0 Å². The first kappa shape index (κ1) is 15.8. The first-order valence-electron chi connectivity index (χ1n) is 7.10. The van der Waals surface area contributed by atoms with Gasteiger partial charge in [0.1, 0.15) is 0 Å². The SMILES string of the molecule is C=C/C=C(\C=C/C)C(C(=O)NO)c1c(C)[nH]c2ccccc12. The summed E-state index contributed by atoms with van der Waals surface area (Å²) in [5.41, 5.74) is 5.26. The van der Waals surface area contributed by atoms with E-state index in [1.165, 1.54) is 0 Å². The number of hydrogen-bond acceptors (Lipinski definition) is 2. The molecule has 1 heterocycles. The molecule has 0 saturated heterocycles. The topological polar surface area (TPSA) is 65.1 Å². The number of aromatic amines is 1. The summed E-state index contributed by atoms with van der Waals surface area (Å²) in [6, 6.07) is 7.80. The third-order valence-corrected chi connectivity index (χ3v) is 3.61. The molecule has 0 radical (unpaired) electrons. The molecule has 0 saturated carbocycles. The van der Waals surface area contributed by atoms with E-state index in [-0.39, 0.29) is 0 Å². The molecule has 1 unspecified atom stereocenters. The molecule has 22 heavy (non-hydrogen) atoms. The van der Waals surface area contributed by atoms with E-state index in [1.807, 2.05) is 50.3 Å². The summed E-state index contributed by atoms with van der Waals surface area (Å²) in [5.74, 6) is -1.09. The van der Waals surface area contributed by atoms with Gasteiger partial charge in [0.2, 0.25) is 0 Å². The van der Waals surface area contributed by atoms with Gasteiger partial charge in [-0.3, -0.25) is 10.0 Å². The molecule has 1 amide bonds. The summed E-state index contributed by atoms with van der Waals surface area (Å²) in [5, 5.41) is 10.1. The molecule has 0 aliphatic rings. The molecule has 1 aromatic carbocycles. The van der Waals surface area contributed by atoms with Gasteiger partial charge >= 0.3 is 0 Å². The average molecular weight is 296 g/mol. The lowest BCUT2D eigenvalue weighted by molar-refractivity contribution is -0.129. The number of aromatic nitrogens is 1. The van der Waals surface area contributed by atoms with Crippen LogP contribution in [0.5, 0.6) is 0 Å². The van der Waals surface area contributed by atoms with Gasteiger partial charge in [-0.15, -0.1) is 0 Å². The zero-order valence-electron chi connectivity index (χ0n) is 12.8. The van der Waals surface area contributed by atoms with Gasteiger partial charge in [0, 0.05) is 16.6 Å². The molecule has 0 aliphatic carbocycles. The van der Waals surface area contributed by atoms with E-state index in [1.54, 1.807) is 17.6 Å². The number of benzene rings is 1. The Balaban J connectivity index is 2.72. The minimum atomic E-state index is -0.615. The van der Waals surface area contributed by atoms with E-state index in [9.17, 15) is 4.79 Å². The van der Waals surface area contributed by atoms with Gasteiger partial charge in [-0.25, -0.2) is 5.48 Å². The first-order chi connectivity index (χ1) is 10.6. The summed E-state index contributed by atoms with van der Waals surface area (Å²) in [6.45, 7) is 7.51. The van der Waals surface area contributed by atoms with Crippen molar-refractivity contribution in [3.8, 4) is 0 Å². The molecule has 2 rings (SSSR count). The van der Waals surface area contributed by atoms with Gasteiger partial charge < -0.3 is 4.98 Å².